The van der Waals surface area contributed by atoms with E-state index in [0.717, 1.165) is 22.7 Å². The number of rotatable bonds is 8. The van der Waals surface area contributed by atoms with Gasteiger partial charge in [-0.2, -0.15) is 0 Å². The number of para-hydroxylation sites is 1. The first kappa shape index (κ1) is 35.2. The summed E-state index contributed by atoms with van der Waals surface area (Å²) in [5.74, 6) is 0. The van der Waals surface area contributed by atoms with E-state index in [1.165, 1.54) is 77.1 Å². The minimum atomic E-state index is 1.09. The Labute approximate surface area is 350 Å². The first-order chi connectivity index (χ1) is 29.7. The lowest BCUT2D eigenvalue weighted by molar-refractivity contribution is 1.19. The fourth-order valence-corrected chi connectivity index (χ4v) is 8.86. The van der Waals surface area contributed by atoms with Crippen LogP contribution in [0.3, 0.4) is 0 Å². The Bertz CT molecular complexity index is 3290. The Kier molecular flexibility index (Phi) is 8.87. The monoisotopic (exact) mass is 764 g/mol. The number of benzene rings is 10. The smallest absolute Gasteiger partial charge is 0.0547 e. The van der Waals surface area contributed by atoms with Crippen LogP contribution >= 0.6 is 0 Å². The van der Waals surface area contributed by atoms with Gasteiger partial charge < -0.3 is 9.47 Å². The van der Waals surface area contributed by atoms with E-state index in [0.29, 0.717) is 0 Å². The molecule has 0 N–H and O–H groups in total. The molecular weight excluding hydrogens is 725 g/mol. The number of fused-ring (bicyclic) bond motifs is 4. The van der Waals surface area contributed by atoms with E-state index in [-0.39, 0.29) is 0 Å². The first-order valence-electron chi connectivity index (χ1n) is 20.6. The van der Waals surface area contributed by atoms with Crippen molar-refractivity contribution in [2.24, 2.45) is 0 Å². The van der Waals surface area contributed by atoms with Crippen molar-refractivity contribution >= 4 is 49.6 Å². The maximum atomic E-state index is 2.42. The van der Waals surface area contributed by atoms with Crippen LogP contribution in [-0.2, 0) is 0 Å². The van der Waals surface area contributed by atoms with Gasteiger partial charge in [-0.1, -0.05) is 182 Å². The zero-order valence-electron chi connectivity index (χ0n) is 33.0. The van der Waals surface area contributed by atoms with Crippen molar-refractivity contribution in [3.05, 3.63) is 243 Å². The summed E-state index contributed by atoms with van der Waals surface area (Å²) in [6.45, 7) is 0. The molecular formula is C58H40N2. The van der Waals surface area contributed by atoms with E-state index >= 15 is 0 Å². The van der Waals surface area contributed by atoms with Gasteiger partial charge in [-0.25, -0.2) is 0 Å². The highest BCUT2D eigenvalue weighted by Gasteiger charge is 2.18. The summed E-state index contributed by atoms with van der Waals surface area (Å²) in [5, 5.41) is 4.98. The molecule has 1 heterocycles. The molecule has 0 unspecified atom stereocenters. The fraction of sp³-hybridized carbons (Fsp3) is 0. The van der Waals surface area contributed by atoms with Crippen molar-refractivity contribution in [2.75, 3.05) is 4.90 Å². The quantitative estimate of drug-likeness (QED) is 0.150. The van der Waals surface area contributed by atoms with Crippen molar-refractivity contribution in [2.45, 2.75) is 0 Å². The third kappa shape index (κ3) is 6.41. The SMILES string of the molecule is c1ccc(-c2ccc(-c3cccc(N(c4ccc(-c5cccc6c5c5ccccc5n6-c5ccc6ccccc6c5)cc4)c4cccc(-c5ccccc5)c4)c3)cc2)cc1. The summed E-state index contributed by atoms with van der Waals surface area (Å²) in [6, 6.07) is 87.8. The molecule has 0 atom stereocenters. The maximum absolute atomic E-state index is 2.42. The van der Waals surface area contributed by atoms with Crippen LogP contribution in [0.25, 0.3) is 82.8 Å². The summed E-state index contributed by atoms with van der Waals surface area (Å²) in [6.07, 6.45) is 0. The number of aromatic nitrogens is 1. The Morgan fingerprint density at radius 3 is 1.47 bits per heavy atom. The van der Waals surface area contributed by atoms with Gasteiger partial charge >= 0.3 is 0 Å². The van der Waals surface area contributed by atoms with Crippen molar-refractivity contribution < 1.29 is 0 Å². The molecule has 10 aromatic carbocycles. The van der Waals surface area contributed by atoms with Gasteiger partial charge in [0.15, 0.2) is 0 Å². The largest absolute Gasteiger partial charge is 0.310 e. The molecule has 1 aromatic heterocycles. The second kappa shape index (κ2) is 15.1. The van der Waals surface area contributed by atoms with Crippen molar-refractivity contribution in [1.82, 2.24) is 4.57 Å². The molecule has 0 aliphatic carbocycles. The fourth-order valence-electron chi connectivity index (χ4n) is 8.86. The van der Waals surface area contributed by atoms with E-state index in [9.17, 15) is 0 Å². The van der Waals surface area contributed by atoms with Crippen LogP contribution in [0.5, 0.6) is 0 Å². The molecule has 282 valence electrons. The molecule has 0 saturated carbocycles. The summed E-state index contributed by atoms with van der Waals surface area (Å²) in [7, 11) is 0. The van der Waals surface area contributed by atoms with Crippen LogP contribution < -0.4 is 4.90 Å². The minimum absolute atomic E-state index is 1.09. The zero-order valence-corrected chi connectivity index (χ0v) is 33.0. The van der Waals surface area contributed by atoms with Crippen molar-refractivity contribution in [1.29, 1.82) is 0 Å². The van der Waals surface area contributed by atoms with Crippen LogP contribution in [0.15, 0.2) is 243 Å². The topological polar surface area (TPSA) is 8.17 Å². The molecule has 0 fully saturated rings. The summed E-state index contributed by atoms with van der Waals surface area (Å²) in [5.41, 5.74) is 16.4. The highest BCUT2D eigenvalue weighted by atomic mass is 15.1. The van der Waals surface area contributed by atoms with Gasteiger partial charge in [0.1, 0.15) is 0 Å². The highest BCUT2D eigenvalue weighted by Crippen LogP contribution is 2.42. The van der Waals surface area contributed by atoms with E-state index in [1.54, 1.807) is 0 Å². The van der Waals surface area contributed by atoms with E-state index in [4.69, 9.17) is 0 Å². The predicted molar refractivity (Wildman–Crippen MR) is 255 cm³/mol. The van der Waals surface area contributed by atoms with Gasteiger partial charge in [0.2, 0.25) is 0 Å². The van der Waals surface area contributed by atoms with Gasteiger partial charge in [0, 0.05) is 33.5 Å². The second-order valence-electron chi connectivity index (χ2n) is 15.4. The van der Waals surface area contributed by atoms with Crippen molar-refractivity contribution in [3.63, 3.8) is 0 Å². The number of hydrogen-bond donors (Lipinski definition) is 0. The average Bonchev–Trinajstić information content (AvgIpc) is 3.67. The van der Waals surface area contributed by atoms with Gasteiger partial charge in [-0.3, -0.25) is 0 Å². The molecule has 60 heavy (non-hydrogen) atoms. The predicted octanol–water partition coefficient (Wildman–Crippen LogP) is 16.1. The maximum Gasteiger partial charge on any atom is 0.0547 e. The lowest BCUT2D eigenvalue weighted by Gasteiger charge is -2.27. The number of nitrogens with zero attached hydrogens (tertiary/aromatic N) is 2. The molecule has 0 amide bonds. The Morgan fingerprint density at radius 2 is 0.783 bits per heavy atom. The number of hydrogen-bond acceptors (Lipinski definition) is 1. The molecule has 0 aliphatic rings. The minimum Gasteiger partial charge on any atom is -0.310 e. The Morgan fingerprint density at radius 1 is 0.283 bits per heavy atom. The Balaban J connectivity index is 1.02. The summed E-state index contributed by atoms with van der Waals surface area (Å²) in [4.78, 5) is 2.38. The number of anilines is 3. The van der Waals surface area contributed by atoms with Crippen LogP contribution in [0, 0.1) is 0 Å². The second-order valence-corrected chi connectivity index (χ2v) is 15.4. The molecule has 11 aromatic rings. The molecule has 0 radical (unpaired) electrons. The van der Waals surface area contributed by atoms with Gasteiger partial charge in [-0.05, 0) is 116 Å². The zero-order chi connectivity index (χ0) is 39.8. The van der Waals surface area contributed by atoms with E-state index in [2.05, 4.69) is 252 Å². The van der Waals surface area contributed by atoms with Gasteiger partial charge in [0.25, 0.3) is 0 Å². The third-order valence-corrected chi connectivity index (χ3v) is 11.8. The lowest BCUT2D eigenvalue weighted by Crippen LogP contribution is -2.10. The molecule has 2 heteroatoms. The Hall–Kier alpha value is -7.94. The van der Waals surface area contributed by atoms with E-state index in [1.807, 2.05) is 0 Å². The van der Waals surface area contributed by atoms with Crippen LogP contribution in [0.1, 0.15) is 0 Å². The van der Waals surface area contributed by atoms with Gasteiger partial charge in [0.05, 0.1) is 11.0 Å². The highest BCUT2D eigenvalue weighted by molar-refractivity contribution is 6.16. The van der Waals surface area contributed by atoms with Crippen molar-refractivity contribution in [3.8, 4) is 50.2 Å². The summed E-state index contributed by atoms with van der Waals surface area (Å²) < 4.78 is 2.42. The molecule has 0 bridgehead atoms. The van der Waals surface area contributed by atoms with E-state index < -0.39 is 0 Å². The standard InChI is InChI=1S/C58H40N2/c1-3-14-41(15-4-1)44-28-30-45(31-29-44)49-21-12-23-52(39-49)59(51-22-11-20-48(38-51)42-16-5-2-6-17-42)50-35-33-46(34-36-50)54-25-13-27-57-58(54)55-24-9-10-26-56(55)60(57)53-37-32-43-18-7-8-19-47(43)40-53/h1-40H. The third-order valence-electron chi connectivity index (χ3n) is 11.8. The molecule has 2 nitrogen and oxygen atoms in total. The molecule has 11 rings (SSSR count). The normalized spacial score (nSPS) is 11.3. The van der Waals surface area contributed by atoms with Crippen LogP contribution in [0.4, 0.5) is 17.1 Å². The van der Waals surface area contributed by atoms with Gasteiger partial charge in [-0.15, -0.1) is 0 Å². The van der Waals surface area contributed by atoms with Crippen LogP contribution in [-0.4, -0.2) is 4.57 Å². The average molecular weight is 765 g/mol. The molecule has 0 aliphatic heterocycles. The molecule has 0 saturated heterocycles. The molecule has 0 spiro atoms. The lowest BCUT2D eigenvalue weighted by atomic mass is 9.98. The summed E-state index contributed by atoms with van der Waals surface area (Å²) >= 11 is 0. The first-order valence-corrected chi connectivity index (χ1v) is 20.6. The van der Waals surface area contributed by atoms with Crippen LogP contribution in [0.2, 0.25) is 0 Å².